The molecule has 1 aromatic carbocycles. The highest BCUT2D eigenvalue weighted by atomic mass is 127. The largest absolute Gasteiger partial charge is 0.384 e. The van der Waals surface area contributed by atoms with Crippen molar-refractivity contribution in [1.82, 2.24) is 9.88 Å². The standard InChI is InChI=1S/C16H16FIN4O2/c1-4-20-15(23)12-13(8(2)16(24)22(3)14(12)19)21-11-6-5-9(18)7-10(11)17/h4-7,21H,1,19H2,2-3H3,(H,20,23). The predicted octanol–water partition coefficient (Wildman–Crippen LogP) is 2.64. The van der Waals surface area contributed by atoms with Gasteiger partial charge in [0.05, 0.1) is 11.4 Å². The number of nitrogen functional groups attached to an aromatic ring is 1. The van der Waals surface area contributed by atoms with E-state index < -0.39 is 11.7 Å². The highest BCUT2D eigenvalue weighted by Crippen LogP contribution is 2.28. The molecule has 0 bridgehead atoms. The van der Waals surface area contributed by atoms with Gasteiger partial charge in [-0.2, -0.15) is 0 Å². The molecule has 0 unspecified atom stereocenters. The number of rotatable bonds is 4. The van der Waals surface area contributed by atoms with Gasteiger partial charge in [0.15, 0.2) is 0 Å². The van der Waals surface area contributed by atoms with E-state index in [0.29, 0.717) is 0 Å². The van der Waals surface area contributed by atoms with Crippen LogP contribution in [0.5, 0.6) is 0 Å². The summed E-state index contributed by atoms with van der Waals surface area (Å²) in [5.41, 5.74) is 6.15. The van der Waals surface area contributed by atoms with Crippen LogP contribution < -0.4 is 21.9 Å². The second kappa shape index (κ2) is 7.04. The Morgan fingerprint density at radius 1 is 1.46 bits per heavy atom. The van der Waals surface area contributed by atoms with E-state index in [2.05, 4.69) is 17.2 Å². The van der Waals surface area contributed by atoms with Gasteiger partial charge in [-0.1, -0.05) is 6.58 Å². The van der Waals surface area contributed by atoms with Crippen molar-refractivity contribution in [3.05, 3.63) is 61.8 Å². The van der Waals surface area contributed by atoms with E-state index in [1.807, 2.05) is 22.6 Å². The van der Waals surface area contributed by atoms with Crippen molar-refractivity contribution in [3.63, 3.8) is 0 Å². The van der Waals surface area contributed by atoms with Crippen LogP contribution in [0.3, 0.4) is 0 Å². The molecule has 0 radical (unpaired) electrons. The van der Waals surface area contributed by atoms with E-state index in [1.54, 1.807) is 13.0 Å². The Labute approximate surface area is 151 Å². The molecule has 1 heterocycles. The molecule has 0 fully saturated rings. The van der Waals surface area contributed by atoms with Crippen LogP contribution >= 0.6 is 22.6 Å². The van der Waals surface area contributed by atoms with Crippen LogP contribution in [0.2, 0.25) is 0 Å². The summed E-state index contributed by atoms with van der Waals surface area (Å²) in [7, 11) is 1.46. The molecule has 2 rings (SSSR count). The van der Waals surface area contributed by atoms with Gasteiger partial charge in [-0.25, -0.2) is 4.39 Å². The fourth-order valence-corrected chi connectivity index (χ4v) is 2.68. The summed E-state index contributed by atoms with van der Waals surface area (Å²) in [6, 6.07) is 4.57. The molecule has 6 nitrogen and oxygen atoms in total. The molecule has 0 aliphatic rings. The minimum absolute atomic E-state index is 0.0293. The molecule has 0 saturated carbocycles. The molecule has 0 aliphatic carbocycles. The van der Waals surface area contributed by atoms with Crippen LogP contribution in [0.1, 0.15) is 15.9 Å². The zero-order valence-corrected chi connectivity index (χ0v) is 15.3. The van der Waals surface area contributed by atoms with E-state index in [4.69, 9.17) is 5.73 Å². The molecule has 0 aliphatic heterocycles. The van der Waals surface area contributed by atoms with Crippen molar-refractivity contribution in [2.45, 2.75) is 6.92 Å². The van der Waals surface area contributed by atoms with Gasteiger partial charge in [-0.3, -0.25) is 14.2 Å². The fourth-order valence-electron chi connectivity index (χ4n) is 2.23. The third kappa shape index (κ3) is 3.28. The normalized spacial score (nSPS) is 10.3. The maximum Gasteiger partial charge on any atom is 0.260 e. The summed E-state index contributed by atoms with van der Waals surface area (Å²) in [4.78, 5) is 24.6. The summed E-state index contributed by atoms with van der Waals surface area (Å²) >= 11 is 1.99. The summed E-state index contributed by atoms with van der Waals surface area (Å²) in [6.07, 6.45) is 1.21. The number of anilines is 3. The molecule has 1 aromatic heterocycles. The zero-order chi connectivity index (χ0) is 18.0. The third-order valence-electron chi connectivity index (χ3n) is 3.52. The van der Waals surface area contributed by atoms with Crippen molar-refractivity contribution in [2.75, 3.05) is 11.1 Å². The first kappa shape index (κ1) is 18.0. The van der Waals surface area contributed by atoms with E-state index in [9.17, 15) is 14.0 Å². The predicted molar refractivity (Wildman–Crippen MR) is 101 cm³/mol. The Kier molecular flexibility index (Phi) is 5.27. The van der Waals surface area contributed by atoms with Crippen LogP contribution in [0.15, 0.2) is 35.8 Å². The fraction of sp³-hybridized carbons (Fsp3) is 0.125. The second-order valence-electron chi connectivity index (χ2n) is 5.05. The number of hydrogen-bond acceptors (Lipinski definition) is 4. The first-order valence-electron chi connectivity index (χ1n) is 6.90. The van der Waals surface area contributed by atoms with Gasteiger partial charge in [0.2, 0.25) is 0 Å². The molecule has 8 heteroatoms. The SMILES string of the molecule is C=CNC(=O)c1c(Nc2ccc(I)cc2F)c(C)c(=O)n(C)c1N. The Morgan fingerprint density at radius 3 is 2.71 bits per heavy atom. The van der Waals surface area contributed by atoms with Gasteiger partial charge in [0.1, 0.15) is 17.2 Å². The quantitative estimate of drug-likeness (QED) is 0.636. The average molecular weight is 442 g/mol. The maximum atomic E-state index is 14.1. The lowest BCUT2D eigenvalue weighted by Crippen LogP contribution is -2.30. The number of carbonyl (C=O) groups excluding carboxylic acids is 1. The van der Waals surface area contributed by atoms with Crippen molar-refractivity contribution in [2.24, 2.45) is 7.05 Å². The first-order valence-corrected chi connectivity index (χ1v) is 7.98. The molecule has 0 atom stereocenters. The molecule has 4 N–H and O–H groups in total. The zero-order valence-electron chi connectivity index (χ0n) is 13.1. The Bertz CT molecular complexity index is 893. The number of halogens is 2. The number of hydrogen-bond donors (Lipinski definition) is 3. The molecule has 126 valence electrons. The Balaban J connectivity index is 2.69. The number of aromatic nitrogens is 1. The van der Waals surface area contributed by atoms with E-state index >= 15 is 0 Å². The minimum Gasteiger partial charge on any atom is -0.384 e. The molecular weight excluding hydrogens is 426 g/mol. The Hall–Kier alpha value is -2.36. The van der Waals surface area contributed by atoms with Gasteiger partial charge in [-0.05, 0) is 53.9 Å². The summed E-state index contributed by atoms with van der Waals surface area (Å²) in [5.74, 6) is -1.08. The summed E-state index contributed by atoms with van der Waals surface area (Å²) in [5, 5.41) is 5.24. The number of pyridine rings is 1. The topological polar surface area (TPSA) is 89.2 Å². The van der Waals surface area contributed by atoms with Crippen LogP contribution in [0.25, 0.3) is 0 Å². The van der Waals surface area contributed by atoms with Crippen LogP contribution in [0, 0.1) is 16.3 Å². The van der Waals surface area contributed by atoms with Crippen LogP contribution in [-0.2, 0) is 7.05 Å². The molecule has 1 amide bonds. The van der Waals surface area contributed by atoms with Crippen molar-refractivity contribution < 1.29 is 9.18 Å². The molecule has 24 heavy (non-hydrogen) atoms. The number of benzene rings is 1. The summed E-state index contributed by atoms with van der Waals surface area (Å²) in [6.45, 7) is 4.97. The molecular formula is C16H16FIN4O2. The number of amides is 1. The van der Waals surface area contributed by atoms with Gasteiger partial charge in [-0.15, -0.1) is 0 Å². The van der Waals surface area contributed by atoms with E-state index in [-0.39, 0.29) is 33.9 Å². The maximum absolute atomic E-state index is 14.1. The third-order valence-corrected chi connectivity index (χ3v) is 4.19. The molecule has 0 spiro atoms. The van der Waals surface area contributed by atoms with Gasteiger partial charge in [0.25, 0.3) is 11.5 Å². The van der Waals surface area contributed by atoms with Gasteiger partial charge in [0, 0.05) is 16.2 Å². The highest BCUT2D eigenvalue weighted by molar-refractivity contribution is 14.1. The lowest BCUT2D eigenvalue weighted by Gasteiger charge is -2.18. The van der Waals surface area contributed by atoms with Gasteiger partial charge >= 0.3 is 0 Å². The van der Waals surface area contributed by atoms with Gasteiger partial charge < -0.3 is 16.4 Å². The van der Waals surface area contributed by atoms with E-state index in [1.165, 1.54) is 29.9 Å². The second-order valence-corrected chi connectivity index (χ2v) is 6.30. The minimum atomic E-state index is -0.547. The number of carbonyl (C=O) groups is 1. The lowest BCUT2D eigenvalue weighted by atomic mass is 10.1. The van der Waals surface area contributed by atoms with Crippen LogP contribution in [0.4, 0.5) is 21.6 Å². The molecule has 2 aromatic rings. The van der Waals surface area contributed by atoms with Crippen molar-refractivity contribution >= 4 is 45.7 Å². The molecule has 0 saturated heterocycles. The van der Waals surface area contributed by atoms with Crippen LogP contribution in [-0.4, -0.2) is 10.5 Å². The highest BCUT2D eigenvalue weighted by Gasteiger charge is 2.22. The van der Waals surface area contributed by atoms with E-state index in [0.717, 1.165) is 3.57 Å². The first-order chi connectivity index (χ1) is 11.3. The smallest absolute Gasteiger partial charge is 0.260 e. The Morgan fingerprint density at radius 2 is 2.12 bits per heavy atom. The number of nitrogens with zero attached hydrogens (tertiary/aromatic N) is 1. The lowest BCUT2D eigenvalue weighted by molar-refractivity contribution is 0.0971. The average Bonchev–Trinajstić information content (AvgIpc) is 2.53. The monoisotopic (exact) mass is 442 g/mol. The number of nitrogens with one attached hydrogen (secondary N) is 2. The van der Waals surface area contributed by atoms with Crippen molar-refractivity contribution in [3.8, 4) is 0 Å². The summed E-state index contributed by atoms with van der Waals surface area (Å²) < 4.78 is 16.0. The van der Waals surface area contributed by atoms with Crippen molar-refractivity contribution in [1.29, 1.82) is 0 Å². The number of nitrogens with two attached hydrogens (primary N) is 1.